The highest BCUT2D eigenvalue weighted by Crippen LogP contribution is 2.04. The molecule has 2 atom stereocenters. The molecule has 100 valence electrons. The molecule has 0 fully saturated rings. The van der Waals surface area contributed by atoms with Gasteiger partial charge < -0.3 is 15.2 Å². The molecule has 1 aromatic heterocycles. The third kappa shape index (κ3) is 4.17. The summed E-state index contributed by atoms with van der Waals surface area (Å²) < 4.78 is 0. The molecule has 0 saturated heterocycles. The monoisotopic (exact) mass is 255 g/mol. The Balaban J connectivity index is 2.67. The molecule has 1 rings (SSSR count). The van der Waals surface area contributed by atoms with Gasteiger partial charge in [0.2, 0.25) is 0 Å². The molecule has 1 aromatic rings. The number of aromatic nitrogens is 2. The first-order valence-electron chi connectivity index (χ1n) is 5.73. The van der Waals surface area contributed by atoms with Crippen molar-refractivity contribution in [2.45, 2.75) is 38.3 Å². The van der Waals surface area contributed by atoms with E-state index in [1.165, 1.54) is 12.5 Å². The Kier molecular flexibility index (Phi) is 5.31. The maximum Gasteiger partial charge on any atom is 0.321 e. The molecule has 7 heteroatoms. The SMILES string of the molecule is CCCC(N[C@@H](Cc1cnc[nH]1)C(=O)O)C(=O)O. The van der Waals surface area contributed by atoms with E-state index in [0.29, 0.717) is 18.5 Å². The van der Waals surface area contributed by atoms with Crippen molar-refractivity contribution in [3.8, 4) is 0 Å². The Hall–Kier alpha value is -1.89. The number of imidazole rings is 1. The van der Waals surface area contributed by atoms with Gasteiger partial charge in [0.05, 0.1) is 6.33 Å². The molecule has 1 unspecified atom stereocenters. The Morgan fingerprint density at radius 2 is 2.06 bits per heavy atom. The van der Waals surface area contributed by atoms with E-state index in [0.717, 1.165) is 0 Å². The summed E-state index contributed by atoms with van der Waals surface area (Å²) in [4.78, 5) is 28.7. The minimum atomic E-state index is -1.08. The van der Waals surface area contributed by atoms with Crippen LogP contribution in [0, 0.1) is 0 Å². The molecule has 0 radical (unpaired) electrons. The van der Waals surface area contributed by atoms with Crippen LogP contribution in [0.25, 0.3) is 0 Å². The molecule has 0 aliphatic carbocycles. The summed E-state index contributed by atoms with van der Waals surface area (Å²) in [6.45, 7) is 1.85. The molecule has 7 nitrogen and oxygen atoms in total. The van der Waals surface area contributed by atoms with E-state index in [1.54, 1.807) is 0 Å². The highest BCUT2D eigenvalue weighted by atomic mass is 16.4. The first-order chi connectivity index (χ1) is 8.54. The van der Waals surface area contributed by atoms with Crippen LogP contribution in [0.4, 0.5) is 0 Å². The van der Waals surface area contributed by atoms with Gasteiger partial charge in [-0.2, -0.15) is 0 Å². The third-order valence-corrected chi connectivity index (χ3v) is 2.55. The number of rotatable bonds is 8. The number of nitrogens with one attached hydrogen (secondary N) is 2. The average Bonchev–Trinajstić information content (AvgIpc) is 2.79. The third-order valence-electron chi connectivity index (χ3n) is 2.55. The summed E-state index contributed by atoms with van der Waals surface area (Å²) in [6.07, 6.45) is 4.20. The number of hydrogen-bond acceptors (Lipinski definition) is 4. The van der Waals surface area contributed by atoms with E-state index < -0.39 is 24.0 Å². The van der Waals surface area contributed by atoms with Crippen molar-refractivity contribution < 1.29 is 19.8 Å². The molecule has 0 saturated carbocycles. The van der Waals surface area contributed by atoms with E-state index >= 15 is 0 Å². The largest absolute Gasteiger partial charge is 0.480 e. The minimum absolute atomic E-state index is 0.169. The smallest absolute Gasteiger partial charge is 0.321 e. The molecule has 0 amide bonds. The van der Waals surface area contributed by atoms with Crippen LogP contribution < -0.4 is 5.32 Å². The van der Waals surface area contributed by atoms with Gasteiger partial charge in [0.1, 0.15) is 12.1 Å². The summed E-state index contributed by atoms with van der Waals surface area (Å²) in [5.74, 6) is -2.11. The Morgan fingerprint density at radius 3 is 2.50 bits per heavy atom. The van der Waals surface area contributed by atoms with Gasteiger partial charge in [0.15, 0.2) is 0 Å². The van der Waals surface area contributed by atoms with E-state index in [4.69, 9.17) is 10.2 Å². The maximum absolute atomic E-state index is 11.1. The lowest BCUT2D eigenvalue weighted by atomic mass is 10.1. The Bertz CT molecular complexity index is 391. The molecule has 0 bridgehead atoms. The number of aliphatic carboxylic acids is 2. The molecule has 1 heterocycles. The highest BCUT2D eigenvalue weighted by Gasteiger charge is 2.25. The van der Waals surface area contributed by atoms with Gasteiger partial charge in [-0.3, -0.25) is 14.9 Å². The molecule has 0 aliphatic heterocycles. The highest BCUT2D eigenvalue weighted by molar-refractivity contribution is 5.77. The zero-order chi connectivity index (χ0) is 13.5. The van der Waals surface area contributed by atoms with Crippen molar-refractivity contribution in [1.82, 2.24) is 15.3 Å². The molecular formula is C11H17N3O4. The lowest BCUT2D eigenvalue weighted by Gasteiger charge is -2.19. The number of carboxylic acids is 2. The summed E-state index contributed by atoms with van der Waals surface area (Å²) in [5, 5.41) is 20.7. The number of hydrogen-bond donors (Lipinski definition) is 4. The Labute approximate surface area is 104 Å². The molecule has 0 spiro atoms. The molecule has 0 aromatic carbocycles. The van der Waals surface area contributed by atoms with Crippen molar-refractivity contribution in [2.75, 3.05) is 0 Å². The van der Waals surface area contributed by atoms with E-state index in [1.807, 2.05) is 6.92 Å². The molecular weight excluding hydrogens is 238 g/mol. The van der Waals surface area contributed by atoms with Gasteiger partial charge in [-0.05, 0) is 6.42 Å². The van der Waals surface area contributed by atoms with Crippen LogP contribution in [0.3, 0.4) is 0 Å². The van der Waals surface area contributed by atoms with Crippen LogP contribution >= 0.6 is 0 Å². The lowest BCUT2D eigenvalue weighted by Crippen LogP contribution is -2.48. The average molecular weight is 255 g/mol. The van der Waals surface area contributed by atoms with Crippen molar-refractivity contribution in [2.24, 2.45) is 0 Å². The first kappa shape index (κ1) is 14.2. The van der Waals surface area contributed by atoms with Gasteiger partial charge in [-0.25, -0.2) is 4.98 Å². The van der Waals surface area contributed by atoms with Crippen molar-refractivity contribution in [1.29, 1.82) is 0 Å². The summed E-state index contributed by atoms with van der Waals surface area (Å²) in [6, 6.07) is -1.79. The topological polar surface area (TPSA) is 115 Å². The molecule has 0 aliphatic rings. The van der Waals surface area contributed by atoms with E-state index in [9.17, 15) is 9.59 Å². The van der Waals surface area contributed by atoms with E-state index in [2.05, 4.69) is 15.3 Å². The number of carboxylic acid groups (broad SMARTS) is 2. The van der Waals surface area contributed by atoms with Gasteiger partial charge in [0.25, 0.3) is 0 Å². The van der Waals surface area contributed by atoms with Crippen LogP contribution in [0.1, 0.15) is 25.5 Å². The van der Waals surface area contributed by atoms with Gasteiger partial charge in [0, 0.05) is 18.3 Å². The fourth-order valence-electron chi connectivity index (χ4n) is 1.64. The number of nitrogens with zero attached hydrogens (tertiary/aromatic N) is 1. The van der Waals surface area contributed by atoms with Crippen molar-refractivity contribution in [3.63, 3.8) is 0 Å². The number of aromatic amines is 1. The molecule has 4 N–H and O–H groups in total. The van der Waals surface area contributed by atoms with Gasteiger partial charge in [-0.1, -0.05) is 13.3 Å². The normalized spacial score (nSPS) is 14.1. The second-order valence-electron chi connectivity index (χ2n) is 4.02. The van der Waals surface area contributed by atoms with Crippen molar-refractivity contribution in [3.05, 3.63) is 18.2 Å². The summed E-state index contributed by atoms with van der Waals surface area (Å²) >= 11 is 0. The summed E-state index contributed by atoms with van der Waals surface area (Å²) in [5.41, 5.74) is 0.649. The number of H-pyrrole nitrogens is 1. The summed E-state index contributed by atoms with van der Waals surface area (Å²) in [7, 11) is 0. The minimum Gasteiger partial charge on any atom is -0.480 e. The maximum atomic E-state index is 11.1. The van der Waals surface area contributed by atoms with Crippen LogP contribution in [-0.2, 0) is 16.0 Å². The van der Waals surface area contributed by atoms with E-state index in [-0.39, 0.29) is 6.42 Å². The fraction of sp³-hybridized carbons (Fsp3) is 0.545. The van der Waals surface area contributed by atoms with Crippen LogP contribution in [0.2, 0.25) is 0 Å². The van der Waals surface area contributed by atoms with Crippen molar-refractivity contribution >= 4 is 11.9 Å². The second-order valence-corrected chi connectivity index (χ2v) is 4.02. The first-order valence-corrected chi connectivity index (χ1v) is 5.73. The van der Waals surface area contributed by atoms with Crippen LogP contribution in [0.15, 0.2) is 12.5 Å². The van der Waals surface area contributed by atoms with Gasteiger partial charge in [-0.15, -0.1) is 0 Å². The second kappa shape index (κ2) is 6.75. The zero-order valence-electron chi connectivity index (χ0n) is 10.1. The quantitative estimate of drug-likeness (QED) is 0.529. The predicted octanol–water partition coefficient (Wildman–Crippen LogP) is 0.248. The number of carbonyl (C=O) groups is 2. The zero-order valence-corrected chi connectivity index (χ0v) is 10.1. The lowest BCUT2D eigenvalue weighted by molar-refractivity contribution is -0.142. The van der Waals surface area contributed by atoms with Crippen LogP contribution in [-0.4, -0.2) is 44.2 Å². The van der Waals surface area contributed by atoms with Gasteiger partial charge >= 0.3 is 11.9 Å². The standard InChI is InChI=1S/C11H17N3O4/c1-2-3-8(10(15)16)14-9(11(17)18)4-7-5-12-6-13-7/h5-6,8-9,14H,2-4H2,1H3,(H,12,13)(H,15,16)(H,17,18)/t8?,9-/m0/s1. The molecule has 18 heavy (non-hydrogen) atoms. The fourth-order valence-corrected chi connectivity index (χ4v) is 1.64. The Morgan fingerprint density at radius 1 is 1.39 bits per heavy atom. The van der Waals surface area contributed by atoms with Crippen LogP contribution in [0.5, 0.6) is 0 Å². The predicted molar refractivity (Wildman–Crippen MR) is 63.2 cm³/mol.